The van der Waals surface area contributed by atoms with Crippen LogP contribution in [0, 0.1) is 0 Å². The largest absolute Gasteiger partial charge is 0.380 e. The zero-order valence-electron chi connectivity index (χ0n) is 9.52. The third kappa shape index (κ3) is 2.51. The van der Waals surface area contributed by atoms with E-state index >= 15 is 0 Å². The molecule has 0 aliphatic rings. The average Bonchev–Trinajstić information content (AvgIpc) is 2.66. The van der Waals surface area contributed by atoms with Gasteiger partial charge in [-0.1, -0.05) is 11.6 Å². The van der Waals surface area contributed by atoms with Crippen molar-refractivity contribution in [3.63, 3.8) is 0 Å². The second-order valence-electron chi connectivity index (χ2n) is 3.69. The van der Waals surface area contributed by atoms with Crippen LogP contribution >= 0.6 is 23.2 Å². The summed E-state index contributed by atoms with van der Waals surface area (Å²) in [6.45, 7) is 2.60. The molecule has 0 bridgehead atoms. The summed E-state index contributed by atoms with van der Waals surface area (Å²) in [5, 5.41) is 8.18. The topological polar surface area (TPSA) is 52.8 Å². The molecule has 0 amide bonds. The lowest BCUT2D eigenvalue weighted by Gasteiger charge is -2.12. The minimum atomic E-state index is 0.0480. The van der Waals surface area contributed by atoms with Gasteiger partial charge in [-0.3, -0.25) is 0 Å². The van der Waals surface area contributed by atoms with Gasteiger partial charge in [0.1, 0.15) is 11.3 Å². The van der Waals surface area contributed by atoms with Gasteiger partial charge in [-0.15, -0.1) is 21.8 Å². The average molecular weight is 275 g/mol. The molecule has 2 rings (SSSR count). The molecule has 0 fully saturated rings. The summed E-state index contributed by atoms with van der Waals surface area (Å²) in [4.78, 5) is 4.37. The van der Waals surface area contributed by atoms with E-state index in [9.17, 15) is 0 Å². The summed E-state index contributed by atoms with van der Waals surface area (Å²) in [5.41, 5.74) is 1.37. The van der Waals surface area contributed by atoms with Gasteiger partial charge in [0.2, 0.25) is 0 Å². The summed E-state index contributed by atoms with van der Waals surface area (Å²) >= 11 is 11.6. The number of hydrogen-bond acceptors (Lipinski definition) is 4. The molecule has 0 aliphatic heterocycles. The van der Waals surface area contributed by atoms with Crippen molar-refractivity contribution in [1.82, 2.24) is 19.7 Å². The number of imidazole rings is 1. The van der Waals surface area contributed by atoms with Crippen molar-refractivity contribution in [3.8, 4) is 0 Å². The lowest BCUT2D eigenvalue weighted by atomic mass is 10.4. The molecular formula is C10H12Cl2N4O. The second-order valence-corrected chi connectivity index (χ2v) is 4.35. The highest BCUT2D eigenvalue weighted by molar-refractivity contribution is 6.29. The molecule has 0 N–H and O–H groups in total. The fraction of sp³-hybridized carbons (Fsp3) is 0.500. The Kier molecular flexibility index (Phi) is 3.81. The predicted octanol–water partition coefficient (Wildman–Crippen LogP) is 2.25. The zero-order chi connectivity index (χ0) is 12.4. The molecule has 2 aromatic rings. The summed E-state index contributed by atoms with van der Waals surface area (Å²) in [6, 6.07) is 1.67. The summed E-state index contributed by atoms with van der Waals surface area (Å²) in [5.74, 6) is 1.05. The minimum absolute atomic E-state index is 0.0480. The minimum Gasteiger partial charge on any atom is -0.380 e. The molecule has 2 aromatic heterocycles. The molecule has 17 heavy (non-hydrogen) atoms. The van der Waals surface area contributed by atoms with Gasteiger partial charge in [-0.05, 0) is 6.92 Å². The number of ether oxygens (including phenoxy) is 1. The van der Waals surface area contributed by atoms with Gasteiger partial charge in [0, 0.05) is 13.2 Å². The van der Waals surface area contributed by atoms with Gasteiger partial charge in [0.05, 0.1) is 18.5 Å². The Bertz CT molecular complexity index is 528. The fourth-order valence-electron chi connectivity index (χ4n) is 1.57. The number of alkyl halides is 1. The second kappa shape index (κ2) is 5.16. The van der Waals surface area contributed by atoms with Crippen molar-refractivity contribution < 1.29 is 4.74 Å². The van der Waals surface area contributed by atoms with Crippen LogP contribution in [0.25, 0.3) is 11.2 Å². The molecule has 1 atom stereocenters. The van der Waals surface area contributed by atoms with Crippen molar-refractivity contribution in [1.29, 1.82) is 0 Å². The number of fused-ring (bicyclic) bond motifs is 1. The molecule has 7 heteroatoms. The molecule has 0 aliphatic carbocycles. The molecular weight excluding hydrogens is 263 g/mol. The third-order valence-electron chi connectivity index (χ3n) is 2.50. The van der Waals surface area contributed by atoms with Crippen LogP contribution in [0.15, 0.2) is 6.07 Å². The Morgan fingerprint density at radius 2 is 2.24 bits per heavy atom. The smallest absolute Gasteiger partial charge is 0.182 e. The third-order valence-corrected chi connectivity index (χ3v) is 2.93. The normalized spacial score (nSPS) is 13.2. The maximum absolute atomic E-state index is 5.86. The number of methoxy groups -OCH3 is 1. The van der Waals surface area contributed by atoms with Crippen LogP contribution in [0.4, 0.5) is 0 Å². The van der Waals surface area contributed by atoms with Crippen molar-refractivity contribution in [2.24, 2.45) is 0 Å². The van der Waals surface area contributed by atoms with Gasteiger partial charge in [0.25, 0.3) is 0 Å². The zero-order valence-corrected chi connectivity index (χ0v) is 11.0. The van der Waals surface area contributed by atoms with Gasteiger partial charge < -0.3 is 9.30 Å². The van der Waals surface area contributed by atoms with E-state index in [0.717, 1.165) is 5.82 Å². The van der Waals surface area contributed by atoms with Crippen molar-refractivity contribution in [2.45, 2.75) is 25.5 Å². The summed E-state index contributed by atoms with van der Waals surface area (Å²) < 4.78 is 7.13. The standard InChI is InChI=1S/C10H12Cl2N4O/c1-6(17-2)5-16-9(4-11)13-7-3-8(12)14-15-10(7)16/h3,6H,4-5H2,1-2H3. The molecule has 0 aromatic carbocycles. The first-order chi connectivity index (χ1) is 8.15. The molecule has 2 heterocycles. The highest BCUT2D eigenvalue weighted by Crippen LogP contribution is 2.18. The Balaban J connectivity index is 2.50. The van der Waals surface area contributed by atoms with Crippen molar-refractivity contribution in [2.75, 3.05) is 7.11 Å². The lowest BCUT2D eigenvalue weighted by molar-refractivity contribution is 0.103. The Labute approximate surface area is 109 Å². The van der Waals surface area contributed by atoms with E-state index in [2.05, 4.69) is 15.2 Å². The molecule has 0 saturated heterocycles. The maximum Gasteiger partial charge on any atom is 0.182 e. The van der Waals surface area contributed by atoms with Gasteiger partial charge >= 0.3 is 0 Å². The van der Waals surface area contributed by atoms with Crippen LogP contribution in [-0.2, 0) is 17.2 Å². The number of aromatic nitrogens is 4. The van der Waals surface area contributed by atoms with Gasteiger partial charge in [-0.2, -0.15) is 0 Å². The van der Waals surface area contributed by atoms with Crippen LogP contribution in [0.3, 0.4) is 0 Å². The Morgan fingerprint density at radius 3 is 2.88 bits per heavy atom. The highest BCUT2D eigenvalue weighted by Gasteiger charge is 2.14. The van der Waals surface area contributed by atoms with E-state index in [1.165, 1.54) is 0 Å². The Morgan fingerprint density at radius 1 is 1.47 bits per heavy atom. The molecule has 92 valence electrons. The SMILES string of the molecule is COC(C)Cn1c(CCl)nc2cc(Cl)nnc21. The monoisotopic (exact) mass is 274 g/mol. The van der Waals surface area contributed by atoms with Gasteiger partial charge in [-0.25, -0.2) is 4.98 Å². The van der Waals surface area contributed by atoms with E-state index < -0.39 is 0 Å². The van der Waals surface area contributed by atoms with E-state index in [0.29, 0.717) is 28.7 Å². The van der Waals surface area contributed by atoms with E-state index in [4.69, 9.17) is 27.9 Å². The van der Waals surface area contributed by atoms with E-state index in [1.54, 1.807) is 13.2 Å². The van der Waals surface area contributed by atoms with Crippen molar-refractivity contribution >= 4 is 34.4 Å². The Hall–Kier alpha value is -0.910. The van der Waals surface area contributed by atoms with Crippen LogP contribution in [0.2, 0.25) is 5.15 Å². The first kappa shape index (κ1) is 12.5. The van der Waals surface area contributed by atoms with Crippen LogP contribution in [0.5, 0.6) is 0 Å². The van der Waals surface area contributed by atoms with Crippen molar-refractivity contribution in [3.05, 3.63) is 17.0 Å². The molecule has 1 unspecified atom stereocenters. The van der Waals surface area contributed by atoms with E-state index in [1.807, 2.05) is 11.5 Å². The molecule has 0 radical (unpaired) electrons. The molecule has 5 nitrogen and oxygen atoms in total. The first-order valence-corrected chi connectivity index (χ1v) is 6.04. The predicted molar refractivity (Wildman–Crippen MR) is 66.4 cm³/mol. The van der Waals surface area contributed by atoms with Crippen LogP contribution in [0.1, 0.15) is 12.7 Å². The van der Waals surface area contributed by atoms with Gasteiger partial charge in [0.15, 0.2) is 10.8 Å². The van der Waals surface area contributed by atoms with E-state index in [-0.39, 0.29) is 6.10 Å². The summed E-state index contributed by atoms with van der Waals surface area (Å²) in [7, 11) is 1.66. The van der Waals surface area contributed by atoms with Crippen LogP contribution in [-0.4, -0.2) is 33.0 Å². The number of nitrogens with zero attached hydrogens (tertiary/aromatic N) is 4. The highest BCUT2D eigenvalue weighted by atomic mass is 35.5. The van der Waals surface area contributed by atoms with Crippen LogP contribution < -0.4 is 0 Å². The lowest BCUT2D eigenvalue weighted by Crippen LogP contribution is -2.16. The maximum atomic E-state index is 5.86. The molecule has 0 spiro atoms. The fourth-order valence-corrected chi connectivity index (χ4v) is 1.92. The quantitative estimate of drug-likeness (QED) is 0.803. The summed E-state index contributed by atoms with van der Waals surface area (Å²) in [6.07, 6.45) is 0.0480. The molecule has 0 saturated carbocycles. The number of halogens is 2. The number of hydrogen-bond donors (Lipinski definition) is 0. The number of rotatable bonds is 4. The first-order valence-electron chi connectivity index (χ1n) is 5.12.